The number of rotatable bonds is 3. The van der Waals surface area contributed by atoms with E-state index in [4.69, 9.17) is 4.74 Å². The lowest BCUT2D eigenvalue weighted by Crippen LogP contribution is -2.37. The number of aromatic nitrogens is 2. The van der Waals surface area contributed by atoms with Crippen molar-refractivity contribution in [2.45, 2.75) is 13.8 Å². The first-order valence-electron chi connectivity index (χ1n) is 7.79. The Bertz CT molecular complexity index is 737. The van der Waals surface area contributed by atoms with Crippen LogP contribution in [0.3, 0.4) is 0 Å². The summed E-state index contributed by atoms with van der Waals surface area (Å²) in [5.41, 5.74) is 2.83. The molecule has 1 aliphatic rings. The molecular formula is C17H19IN4O2. The van der Waals surface area contributed by atoms with Gasteiger partial charge >= 0.3 is 0 Å². The highest BCUT2D eigenvalue weighted by atomic mass is 127. The van der Waals surface area contributed by atoms with Crippen molar-refractivity contribution in [1.82, 2.24) is 9.97 Å². The lowest BCUT2D eigenvalue weighted by molar-refractivity contribution is 0.102. The lowest BCUT2D eigenvalue weighted by Gasteiger charge is -2.27. The molecule has 0 aliphatic carbocycles. The first-order valence-corrected chi connectivity index (χ1v) is 8.87. The number of ether oxygens (including phenoxy) is 1. The molecule has 0 spiro atoms. The van der Waals surface area contributed by atoms with Gasteiger partial charge in [0.2, 0.25) is 5.95 Å². The first kappa shape index (κ1) is 17.1. The molecule has 1 aromatic carbocycles. The number of nitrogens with zero attached hydrogens (tertiary/aromatic N) is 3. The van der Waals surface area contributed by atoms with E-state index in [-0.39, 0.29) is 5.91 Å². The van der Waals surface area contributed by atoms with Gasteiger partial charge in [0.1, 0.15) is 0 Å². The molecule has 2 aromatic rings. The van der Waals surface area contributed by atoms with Gasteiger partial charge in [0, 0.05) is 22.2 Å². The minimum Gasteiger partial charge on any atom is -0.378 e. The van der Waals surface area contributed by atoms with Gasteiger partial charge in [0.05, 0.1) is 30.3 Å². The lowest BCUT2D eigenvalue weighted by atomic mass is 10.2. The maximum atomic E-state index is 12.5. The summed E-state index contributed by atoms with van der Waals surface area (Å²) in [5, 5.41) is 2.94. The van der Waals surface area contributed by atoms with Crippen LogP contribution < -0.4 is 10.2 Å². The third-order valence-electron chi connectivity index (χ3n) is 3.88. The molecule has 6 nitrogen and oxygen atoms in total. The third kappa shape index (κ3) is 3.84. The van der Waals surface area contributed by atoms with Crippen LogP contribution in [-0.2, 0) is 4.74 Å². The van der Waals surface area contributed by atoms with E-state index in [1.807, 2.05) is 32.0 Å². The van der Waals surface area contributed by atoms with E-state index in [0.29, 0.717) is 30.4 Å². The summed E-state index contributed by atoms with van der Waals surface area (Å²) < 4.78 is 6.38. The standard InChI is InChI=1S/C17H19IN4O2/c1-11-15(21-16(23)13-4-3-5-14(18)10-13)12(2)20-17(19-11)22-6-8-24-9-7-22/h3-5,10H,6-9H2,1-2H3,(H,21,23). The summed E-state index contributed by atoms with van der Waals surface area (Å²) in [6, 6.07) is 7.47. The van der Waals surface area contributed by atoms with Crippen molar-refractivity contribution in [2.75, 3.05) is 36.5 Å². The van der Waals surface area contributed by atoms with E-state index in [0.717, 1.165) is 28.0 Å². The molecule has 3 rings (SSSR count). The molecule has 1 fully saturated rings. The molecule has 1 aromatic heterocycles. The van der Waals surface area contributed by atoms with Crippen molar-refractivity contribution in [3.63, 3.8) is 0 Å². The van der Waals surface area contributed by atoms with Crippen LogP contribution in [-0.4, -0.2) is 42.2 Å². The number of hydrogen-bond donors (Lipinski definition) is 1. The van der Waals surface area contributed by atoms with Gasteiger partial charge in [-0.25, -0.2) is 9.97 Å². The Morgan fingerprint density at radius 3 is 2.50 bits per heavy atom. The number of aryl methyl sites for hydroxylation is 2. The third-order valence-corrected chi connectivity index (χ3v) is 4.55. The Balaban J connectivity index is 1.82. The smallest absolute Gasteiger partial charge is 0.255 e. The number of nitrogens with one attached hydrogen (secondary N) is 1. The fourth-order valence-electron chi connectivity index (χ4n) is 2.60. The number of amides is 1. The number of benzene rings is 1. The van der Waals surface area contributed by atoms with Gasteiger partial charge in [-0.15, -0.1) is 0 Å². The van der Waals surface area contributed by atoms with Crippen LogP contribution in [0.25, 0.3) is 0 Å². The molecule has 0 radical (unpaired) electrons. The average Bonchev–Trinajstić information content (AvgIpc) is 2.58. The molecule has 1 N–H and O–H groups in total. The number of morpholine rings is 1. The number of anilines is 2. The van der Waals surface area contributed by atoms with Crippen LogP contribution in [0.5, 0.6) is 0 Å². The number of carbonyl (C=O) groups is 1. The molecule has 1 aliphatic heterocycles. The molecule has 2 heterocycles. The second-order valence-corrected chi connectivity index (χ2v) is 6.88. The number of halogens is 1. The zero-order chi connectivity index (χ0) is 17.1. The fraction of sp³-hybridized carbons (Fsp3) is 0.353. The highest BCUT2D eigenvalue weighted by molar-refractivity contribution is 14.1. The van der Waals surface area contributed by atoms with Crippen LogP contribution in [0.2, 0.25) is 0 Å². The molecule has 0 atom stereocenters. The summed E-state index contributed by atoms with van der Waals surface area (Å²) in [6.07, 6.45) is 0. The topological polar surface area (TPSA) is 67.3 Å². The minimum absolute atomic E-state index is 0.151. The van der Waals surface area contributed by atoms with Crippen LogP contribution in [0, 0.1) is 17.4 Å². The Morgan fingerprint density at radius 1 is 1.21 bits per heavy atom. The molecule has 1 amide bonds. The highest BCUT2D eigenvalue weighted by Crippen LogP contribution is 2.22. The van der Waals surface area contributed by atoms with E-state index in [1.54, 1.807) is 6.07 Å². The van der Waals surface area contributed by atoms with E-state index < -0.39 is 0 Å². The van der Waals surface area contributed by atoms with Crippen molar-refractivity contribution in [3.05, 3.63) is 44.8 Å². The van der Waals surface area contributed by atoms with Crippen LogP contribution in [0.1, 0.15) is 21.7 Å². The van der Waals surface area contributed by atoms with E-state index in [2.05, 4.69) is 42.8 Å². The van der Waals surface area contributed by atoms with E-state index in [1.165, 1.54) is 0 Å². The van der Waals surface area contributed by atoms with Gasteiger partial charge < -0.3 is 15.0 Å². The second-order valence-electron chi connectivity index (χ2n) is 5.63. The molecule has 24 heavy (non-hydrogen) atoms. The quantitative estimate of drug-likeness (QED) is 0.747. The molecule has 0 unspecified atom stereocenters. The second kappa shape index (κ2) is 7.43. The zero-order valence-electron chi connectivity index (χ0n) is 13.7. The Kier molecular flexibility index (Phi) is 5.30. The largest absolute Gasteiger partial charge is 0.378 e. The Hall–Kier alpha value is -1.74. The predicted octanol–water partition coefficient (Wildman–Crippen LogP) is 2.79. The van der Waals surface area contributed by atoms with Crippen LogP contribution >= 0.6 is 22.6 Å². The number of carbonyl (C=O) groups excluding carboxylic acids is 1. The van der Waals surface area contributed by atoms with Gasteiger partial charge in [-0.05, 0) is 54.6 Å². The normalized spacial score (nSPS) is 14.5. The fourth-order valence-corrected chi connectivity index (χ4v) is 3.14. The summed E-state index contributed by atoms with van der Waals surface area (Å²) in [5.74, 6) is 0.544. The molecule has 0 saturated carbocycles. The predicted molar refractivity (Wildman–Crippen MR) is 102 cm³/mol. The van der Waals surface area contributed by atoms with Crippen LogP contribution in [0.4, 0.5) is 11.6 Å². The van der Waals surface area contributed by atoms with Crippen molar-refractivity contribution < 1.29 is 9.53 Å². The zero-order valence-corrected chi connectivity index (χ0v) is 15.8. The van der Waals surface area contributed by atoms with Gasteiger partial charge in [-0.2, -0.15) is 0 Å². The summed E-state index contributed by atoms with van der Waals surface area (Å²) >= 11 is 2.19. The first-order chi connectivity index (χ1) is 11.5. The molecule has 1 saturated heterocycles. The monoisotopic (exact) mass is 438 g/mol. The minimum atomic E-state index is -0.151. The average molecular weight is 438 g/mol. The van der Waals surface area contributed by atoms with Crippen molar-refractivity contribution in [1.29, 1.82) is 0 Å². The Labute approximate surface area is 154 Å². The Morgan fingerprint density at radius 2 is 1.88 bits per heavy atom. The number of hydrogen-bond acceptors (Lipinski definition) is 5. The maximum Gasteiger partial charge on any atom is 0.255 e. The summed E-state index contributed by atoms with van der Waals surface area (Å²) in [7, 11) is 0. The van der Waals surface area contributed by atoms with E-state index in [9.17, 15) is 4.79 Å². The summed E-state index contributed by atoms with van der Waals surface area (Å²) in [6.45, 7) is 6.73. The molecular weight excluding hydrogens is 419 g/mol. The van der Waals surface area contributed by atoms with Gasteiger partial charge in [0.15, 0.2) is 0 Å². The van der Waals surface area contributed by atoms with E-state index >= 15 is 0 Å². The summed E-state index contributed by atoms with van der Waals surface area (Å²) in [4.78, 5) is 23.7. The molecule has 0 bridgehead atoms. The maximum absolute atomic E-state index is 12.5. The van der Waals surface area contributed by atoms with Crippen LogP contribution in [0.15, 0.2) is 24.3 Å². The van der Waals surface area contributed by atoms with Crippen molar-refractivity contribution in [3.8, 4) is 0 Å². The van der Waals surface area contributed by atoms with Crippen molar-refractivity contribution in [2.24, 2.45) is 0 Å². The SMILES string of the molecule is Cc1nc(N2CCOCC2)nc(C)c1NC(=O)c1cccc(I)c1. The molecule has 7 heteroatoms. The van der Waals surface area contributed by atoms with Gasteiger partial charge in [-0.3, -0.25) is 4.79 Å². The van der Waals surface area contributed by atoms with Crippen molar-refractivity contribution >= 4 is 40.1 Å². The molecule has 126 valence electrons. The highest BCUT2D eigenvalue weighted by Gasteiger charge is 2.18. The van der Waals surface area contributed by atoms with Gasteiger partial charge in [0.25, 0.3) is 5.91 Å². The van der Waals surface area contributed by atoms with Gasteiger partial charge in [-0.1, -0.05) is 6.07 Å².